The number of aryl methyl sites for hydroxylation is 1. The highest BCUT2D eigenvalue weighted by molar-refractivity contribution is 9.10. The van der Waals surface area contributed by atoms with Gasteiger partial charge in [0, 0.05) is 21.1 Å². The fraction of sp³-hybridized carbons (Fsp3) is 0.235. The van der Waals surface area contributed by atoms with E-state index in [9.17, 15) is 4.79 Å². The van der Waals surface area contributed by atoms with Gasteiger partial charge in [-0.25, -0.2) is 4.79 Å². The van der Waals surface area contributed by atoms with E-state index in [0.29, 0.717) is 27.1 Å². The first-order valence-corrected chi connectivity index (χ1v) is 8.65. The Morgan fingerprint density at radius 2 is 1.92 bits per heavy atom. The number of hydrogen-bond acceptors (Lipinski definition) is 4. The molecule has 0 saturated carbocycles. The molecule has 0 spiro atoms. The minimum absolute atomic E-state index is 0.134. The van der Waals surface area contributed by atoms with Crippen molar-refractivity contribution in [3.63, 3.8) is 0 Å². The molecule has 0 aromatic heterocycles. The average molecular weight is 434 g/mol. The third-order valence-electron chi connectivity index (χ3n) is 3.29. The topological polar surface area (TPSA) is 44.8 Å². The highest BCUT2D eigenvalue weighted by Gasteiger charge is 2.14. The van der Waals surface area contributed by atoms with Crippen LogP contribution in [-0.4, -0.2) is 13.3 Å². The fourth-order valence-corrected chi connectivity index (χ4v) is 3.00. The van der Waals surface area contributed by atoms with E-state index in [4.69, 9.17) is 32.7 Å². The van der Waals surface area contributed by atoms with Crippen molar-refractivity contribution < 1.29 is 19.0 Å². The third kappa shape index (κ3) is 4.56. The van der Waals surface area contributed by atoms with E-state index in [1.165, 1.54) is 7.11 Å². The lowest BCUT2D eigenvalue weighted by Gasteiger charge is -2.14. The second-order valence-corrected chi connectivity index (χ2v) is 6.46. The monoisotopic (exact) mass is 432 g/mol. The Bertz CT molecular complexity index is 750. The maximum atomic E-state index is 11.3. The Kier molecular flexibility index (Phi) is 6.78. The van der Waals surface area contributed by atoms with Gasteiger partial charge in [-0.15, -0.1) is 0 Å². The van der Waals surface area contributed by atoms with Gasteiger partial charge in [-0.3, -0.25) is 0 Å². The molecule has 4 nitrogen and oxygen atoms in total. The third-order valence-corrected chi connectivity index (χ3v) is 4.68. The minimum atomic E-state index is -0.803. The van der Waals surface area contributed by atoms with Gasteiger partial charge < -0.3 is 14.2 Å². The van der Waals surface area contributed by atoms with Gasteiger partial charge in [-0.2, -0.15) is 0 Å². The van der Waals surface area contributed by atoms with Crippen molar-refractivity contribution in [3.8, 4) is 11.5 Å². The molecule has 2 aromatic rings. The summed E-state index contributed by atoms with van der Waals surface area (Å²) in [7, 11) is 1.24. The Morgan fingerprint density at radius 1 is 1.17 bits per heavy atom. The van der Waals surface area contributed by atoms with Crippen molar-refractivity contribution in [1.29, 1.82) is 0 Å². The average Bonchev–Trinajstić information content (AvgIpc) is 2.56. The Labute approximate surface area is 158 Å². The maximum Gasteiger partial charge on any atom is 0.513 e. The minimum Gasteiger partial charge on any atom is -0.487 e. The lowest BCUT2D eigenvalue weighted by molar-refractivity contribution is 0.120. The molecule has 0 saturated heterocycles. The SMILES string of the molecule is CCc1cc(Cl)c(OCc2c(Br)cccc2OC(=O)OC)cc1Cl. The summed E-state index contributed by atoms with van der Waals surface area (Å²) in [5.74, 6) is 0.794. The summed E-state index contributed by atoms with van der Waals surface area (Å²) >= 11 is 15.8. The molecule has 24 heavy (non-hydrogen) atoms. The van der Waals surface area contributed by atoms with Crippen molar-refractivity contribution in [1.82, 2.24) is 0 Å². The first-order valence-electron chi connectivity index (χ1n) is 7.10. The molecule has 2 rings (SSSR count). The largest absolute Gasteiger partial charge is 0.513 e. The standard InChI is InChI=1S/C17H15BrCl2O4/c1-3-10-7-14(20)16(8-13(10)19)23-9-11-12(18)5-4-6-15(11)24-17(21)22-2/h4-8H,3,9H2,1-2H3. The maximum absolute atomic E-state index is 11.3. The Morgan fingerprint density at radius 3 is 2.58 bits per heavy atom. The summed E-state index contributed by atoms with van der Waals surface area (Å²) < 4.78 is 16.1. The van der Waals surface area contributed by atoms with Gasteiger partial charge >= 0.3 is 6.16 Å². The summed E-state index contributed by atoms with van der Waals surface area (Å²) in [5, 5.41) is 1.06. The summed E-state index contributed by atoms with van der Waals surface area (Å²) in [6.45, 7) is 2.13. The molecule has 0 heterocycles. The van der Waals surface area contributed by atoms with Crippen molar-refractivity contribution in [2.24, 2.45) is 0 Å². The number of hydrogen-bond donors (Lipinski definition) is 0. The van der Waals surface area contributed by atoms with E-state index in [-0.39, 0.29) is 6.61 Å². The van der Waals surface area contributed by atoms with E-state index >= 15 is 0 Å². The van der Waals surface area contributed by atoms with Gasteiger partial charge in [0.2, 0.25) is 0 Å². The summed E-state index contributed by atoms with van der Waals surface area (Å²) in [5.41, 5.74) is 1.60. The lowest BCUT2D eigenvalue weighted by atomic mass is 10.1. The van der Waals surface area contributed by atoms with Gasteiger partial charge in [-0.1, -0.05) is 52.1 Å². The van der Waals surface area contributed by atoms with Crippen LogP contribution in [0.15, 0.2) is 34.8 Å². The molecule has 0 bridgehead atoms. The zero-order valence-electron chi connectivity index (χ0n) is 13.1. The predicted octanol–water partition coefficient (Wildman–Crippen LogP) is 6.04. The van der Waals surface area contributed by atoms with Crippen molar-refractivity contribution in [2.45, 2.75) is 20.0 Å². The van der Waals surface area contributed by atoms with E-state index in [0.717, 1.165) is 16.5 Å². The molecule has 0 N–H and O–H groups in total. The van der Waals surface area contributed by atoms with Crippen LogP contribution in [0, 0.1) is 0 Å². The van der Waals surface area contributed by atoms with Crippen LogP contribution in [0.1, 0.15) is 18.1 Å². The molecular formula is C17H15BrCl2O4. The molecule has 0 radical (unpaired) electrons. The van der Waals surface area contributed by atoms with Crippen LogP contribution in [0.5, 0.6) is 11.5 Å². The zero-order chi connectivity index (χ0) is 17.7. The molecule has 0 fully saturated rings. The molecule has 7 heteroatoms. The molecule has 0 aliphatic heterocycles. The zero-order valence-corrected chi connectivity index (χ0v) is 16.2. The van der Waals surface area contributed by atoms with Crippen LogP contribution >= 0.6 is 39.1 Å². The number of benzene rings is 2. The molecule has 0 atom stereocenters. The van der Waals surface area contributed by atoms with Gasteiger partial charge in [0.05, 0.1) is 12.1 Å². The number of carbonyl (C=O) groups is 1. The smallest absolute Gasteiger partial charge is 0.487 e. The molecular weight excluding hydrogens is 419 g/mol. The number of ether oxygens (including phenoxy) is 3. The Balaban J connectivity index is 2.23. The van der Waals surface area contributed by atoms with Gasteiger partial charge in [0.25, 0.3) is 0 Å². The van der Waals surface area contributed by atoms with Crippen LogP contribution in [0.2, 0.25) is 10.0 Å². The van der Waals surface area contributed by atoms with E-state index in [1.54, 1.807) is 24.3 Å². The highest BCUT2D eigenvalue weighted by atomic mass is 79.9. The molecule has 0 aliphatic rings. The second kappa shape index (κ2) is 8.60. The van der Waals surface area contributed by atoms with Crippen molar-refractivity contribution in [3.05, 3.63) is 56.0 Å². The highest BCUT2D eigenvalue weighted by Crippen LogP contribution is 2.34. The molecule has 0 amide bonds. The van der Waals surface area contributed by atoms with E-state index < -0.39 is 6.16 Å². The first-order chi connectivity index (χ1) is 11.5. The summed E-state index contributed by atoms with van der Waals surface area (Å²) in [6.07, 6.45) is -0.0251. The van der Waals surface area contributed by atoms with E-state index in [2.05, 4.69) is 20.7 Å². The van der Waals surface area contributed by atoms with Crippen LogP contribution in [0.3, 0.4) is 0 Å². The van der Waals surface area contributed by atoms with Crippen LogP contribution in [-0.2, 0) is 17.8 Å². The van der Waals surface area contributed by atoms with Crippen LogP contribution in [0.4, 0.5) is 4.79 Å². The molecule has 0 aliphatic carbocycles. The number of halogens is 3. The van der Waals surface area contributed by atoms with E-state index in [1.807, 2.05) is 13.0 Å². The fourth-order valence-electron chi connectivity index (χ4n) is 2.01. The lowest BCUT2D eigenvalue weighted by Crippen LogP contribution is -2.10. The predicted molar refractivity (Wildman–Crippen MR) is 97.3 cm³/mol. The Hall–Kier alpha value is -1.43. The first kappa shape index (κ1) is 18.9. The molecule has 2 aromatic carbocycles. The number of rotatable bonds is 5. The van der Waals surface area contributed by atoms with Crippen LogP contribution < -0.4 is 9.47 Å². The van der Waals surface area contributed by atoms with Crippen molar-refractivity contribution in [2.75, 3.05) is 7.11 Å². The summed E-state index contributed by atoms with van der Waals surface area (Å²) in [4.78, 5) is 11.3. The van der Waals surface area contributed by atoms with Gasteiger partial charge in [0.1, 0.15) is 18.1 Å². The summed E-state index contributed by atoms with van der Waals surface area (Å²) in [6, 6.07) is 8.67. The number of carbonyl (C=O) groups excluding carboxylic acids is 1. The second-order valence-electron chi connectivity index (χ2n) is 4.79. The quantitative estimate of drug-likeness (QED) is 0.425. The van der Waals surface area contributed by atoms with Crippen LogP contribution in [0.25, 0.3) is 0 Å². The normalized spacial score (nSPS) is 10.4. The molecule has 128 valence electrons. The molecule has 0 unspecified atom stereocenters. The van der Waals surface area contributed by atoms with Gasteiger partial charge in [-0.05, 0) is 30.2 Å². The number of methoxy groups -OCH3 is 1. The van der Waals surface area contributed by atoms with Crippen molar-refractivity contribution >= 4 is 45.3 Å². The van der Waals surface area contributed by atoms with Gasteiger partial charge in [0.15, 0.2) is 0 Å².